The van der Waals surface area contributed by atoms with Crippen molar-refractivity contribution < 1.29 is 5.11 Å². The van der Waals surface area contributed by atoms with Gasteiger partial charge in [0.2, 0.25) is 5.88 Å². The van der Waals surface area contributed by atoms with Gasteiger partial charge < -0.3 is 5.11 Å². The molecule has 1 saturated carbocycles. The number of benzene rings is 1. The molecule has 0 aliphatic heterocycles. The molecule has 1 heterocycles. The molecule has 0 atom stereocenters. The van der Waals surface area contributed by atoms with E-state index in [2.05, 4.69) is 4.99 Å². The van der Waals surface area contributed by atoms with Gasteiger partial charge in [0.1, 0.15) is 0 Å². The standard InChI is InChI=1S/C20H22N2OS2/c23-19-18(25-20(24)22(19)17-12-6-2-7-13-17)14-8-3-9-15-21-16-10-4-1-5-11-16/h1,3-5,8-11,14-15,17,23H,2,6-7,12-13H2/b9-3+,14-8+,21-15?. The maximum Gasteiger partial charge on any atom is 0.210 e. The second-order valence-corrected chi connectivity index (χ2v) is 7.75. The van der Waals surface area contributed by atoms with Gasteiger partial charge in [0, 0.05) is 12.3 Å². The Labute approximate surface area is 157 Å². The third-order valence-electron chi connectivity index (χ3n) is 4.32. The number of para-hydroxylation sites is 1. The minimum atomic E-state index is 0.310. The molecule has 0 amide bonds. The van der Waals surface area contributed by atoms with E-state index >= 15 is 0 Å². The summed E-state index contributed by atoms with van der Waals surface area (Å²) in [6, 6.07) is 10.2. The molecular formula is C20H22N2OS2. The molecule has 0 radical (unpaired) electrons. The summed E-state index contributed by atoms with van der Waals surface area (Å²) < 4.78 is 2.71. The monoisotopic (exact) mass is 370 g/mol. The number of hydrogen-bond donors (Lipinski definition) is 1. The number of aliphatic imine (C=N–C) groups is 1. The highest BCUT2D eigenvalue weighted by Crippen LogP contribution is 2.36. The first-order valence-electron chi connectivity index (χ1n) is 8.62. The predicted octanol–water partition coefficient (Wildman–Crippen LogP) is 6.46. The van der Waals surface area contributed by atoms with Crippen molar-refractivity contribution in [3.63, 3.8) is 0 Å². The summed E-state index contributed by atoms with van der Waals surface area (Å²) in [6.07, 6.45) is 15.3. The van der Waals surface area contributed by atoms with E-state index in [1.54, 1.807) is 6.21 Å². The van der Waals surface area contributed by atoms with E-state index in [9.17, 15) is 5.11 Å². The SMILES string of the molecule is Oc1c(/C=C/C=C/C=Nc2ccccc2)sc(=S)n1C1CCCCC1. The molecule has 130 valence electrons. The second-order valence-electron chi connectivity index (χ2n) is 6.08. The van der Waals surface area contributed by atoms with Gasteiger partial charge in [-0.05, 0) is 49.3 Å². The van der Waals surface area contributed by atoms with E-state index in [0.717, 1.165) is 27.4 Å². The number of aromatic hydroxyl groups is 1. The lowest BCUT2D eigenvalue weighted by atomic mass is 9.95. The Morgan fingerprint density at radius 2 is 1.84 bits per heavy atom. The number of thiazole rings is 1. The van der Waals surface area contributed by atoms with Crippen LogP contribution in [0.2, 0.25) is 0 Å². The predicted molar refractivity (Wildman–Crippen MR) is 110 cm³/mol. The summed E-state index contributed by atoms with van der Waals surface area (Å²) >= 11 is 6.93. The van der Waals surface area contributed by atoms with Crippen LogP contribution < -0.4 is 0 Å². The van der Waals surface area contributed by atoms with Gasteiger partial charge >= 0.3 is 0 Å². The van der Waals surface area contributed by atoms with Crippen LogP contribution in [-0.4, -0.2) is 15.9 Å². The highest BCUT2D eigenvalue weighted by atomic mass is 32.1. The fourth-order valence-electron chi connectivity index (χ4n) is 3.06. The summed E-state index contributed by atoms with van der Waals surface area (Å²) in [4.78, 5) is 5.15. The molecule has 0 unspecified atom stereocenters. The molecule has 0 bridgehead atoms. The Bertz CT molecular complexity index is 825. The number of rotatable bonds is 5. The molecule has 5 heteroatoms. The fourth-order valence-corrected chi connectivity index (χ4v) is 4.43. The van der Waals surface area contributed by atoms with Crippen molar-refractivity contribution >= 4 is 41.5 Å². The van der Waals surface area contributed by atoms with E-state index in [-0.39, 0.29) is 0 Å². The first kappa shape index (κ1) is 17.8. The van der Waals surface area contributed by atoms with Crippen LogP contribution in [0.25, 0.3) is 6.08 Å². The van der Waals surface area contributed by atoms with Gasteiger partial charge in [-0.1, -0.05) is 49.6 Å². The average Bonchev–Trinajstić information content (AvgIpc) is 2.93. The molecule has 3 nitrogen and oxygen atoms in total. The van der Waals surface area contributed by atoms with Gasteiger partial charge in [-0.15, -0.1) is 11.3 Å². The zero-order chi connectivity index (χ0) is 17.5. The summed E-state index contributed by atoms with van der Waals surface area (Å²) in [5, 5.41) is 10.5. The van der Waals surface area contributed by atoms with Crippen LogP contribution in [0.5, 0.6) is 5.88 Å². The van der Waals surface area contributed by atoms with Crippen molar-refractivity contribution in [3.8, 4) is 5.88 Å². The first-order valence-corrected chi connectivity index (χ1v) is 9.85. The van der Waals surface area contributed by atoms with Crippen molar-refractivity contribution in [1.29, 1.82) is 0 Å². The molecule has 2 aromatic rings. The van der Waals surface area contributed by atoms with Gasteiger partial charge in [0.25, 0.3) is 0 Å². The molecule has 25 heavy (non-hydrogen) atoms. The van der Waals surface area contributed by atoms with Crippen LogP contribution >= 0.6 is 23.6 Å². The highest BCUT2D eigenvalue weighted by Gasteiger charge is 2.20. The summed E-state index contributed by atoms with van der Waals surface area (Å²) in [6.45, 7) is 0. The van der Waals surface area contributed by atoms with Gasteiger partial charge in [0.05, 0.1) is 10.6 Å². The van der Waals surface area contributed by atoms with Crippen molar-refractivity contribution in [2.45, 2.75) is 38.1 Å². The number of nitrogens with zero attached hydrogens (tertiary/aromatic N) is 2. The van der Waals surface area contributed by atoms with Gasteiger partial charge in [0.15, 0.2) is 3.95 Å². The van der Waals surface area contributed by atoms with E-state index in [1.807, 2.05) is 59.2 Å². The molecule has 3 rings (SSSR count). The summed E-state index contributed by atoms with van der Waals surface area (Å²) in [5.41, 5.74) is 0.927. The molecule has 1 aromatic carbocycles. The van der Waals surface area contributed by atoms with Crippen LogP contribution in [0.4, 0.5) is 5.69 Å². The number of hydrogen-bond acceptors (Lipinski definition) is 4. The largest absolute Gasteiger partial charge is 0.493 e. The Kier molecular flexibility index (Phi) is 6.36. The Balaban J connectivity index is 1.64. The van der Waals surface area contributed by atoms with Gasteiger partial charge in [-0.25, -0.2) is 0 Å². The normalized spacial score (nSPS) is 16.5. The van der Waals surface area contributed by atoms with E-state index in [4.69, 9.17) is 12.2 Å². The topological polar surface area (TPSA) is 37.5 Å². The summed E-state index contributed by atoms with van der Waals surface area (Å²) in [5.74, 6) is 0.310. The summed E-state index contributed by atoms with van der Waals surface area (Å²) in [7, 11) is 0. The smallest absolute Gasteiger partial charge is 0.210 e. The number of aromatic nitrogens is 1. The fraction of sp³-hybridized carbons (Fsp3) is 0.300. The van der Waals surface area contributed by atoms with Crippen molar-refractivity contribution in [2.75, 3.05) is 0 Å². The highest BCUT2D eigenvalue weighted by molar-refractivity contribution is 7.73. The van der Waals surface area contributed by atoms with Crippen LogP contribution in [-0.2, 0) is 0 Å². The Hall–Kier alpha value is -1.98. The Morgan fingerprint density at radius 3 is 2.60 bits per heavy atom. The van der Waals surface area contributed by atoms with Crippen molar-refractivity contribution in [2.24, 2.45) is 4.99 Å². The molecule has 0 saturated heterocycles. The number of allylic oxidation sites excluding steroid dienone is 3. The molecule has 1 aliphatic rings. The zero-order valence-corrected chi connectivity index (χ0v) is 15.7. The maximum absolute atomic E-state index is 10.5. The molecule has 1 aromatic heterocycles. The zero-order valence-electron chi connectivity index (χ0n) is 14.0. The minimum Gasteiger partial charge on any atom is -0.493 e. The van der Waals surface area contributed by atoms with Crippen molar-refractivity contribution in [1.82, 2.24) is 4.57 Å². The molecule has 1 aliphatic carbocycles. The van der Waals surface area contributed by atoms with Crippen LogP contribution in [0.1, 0.15) is 43.0 Å². The molecular weight excluding hydrogens is 348 g/mol. The third kappa shape index (κ3) is 4.77. The third-order valence-corrected chi connectivity index (χ3v) is 5.67. The lowest BCUT2D eigenvalue weighted by molar-refractivity contribution is 0.312. The molecule has 1 N–H and O–H groups in total. The quantitative estimate of drug-likeness (QED) is 0.372. The Morgan fingerprint density at radius 1 is 1.08 bits per heavy atom. The lowest BCUT2D eigenvalue weighted by Crippen LogP contribution is -2.12. The first-order chi connectivity index (χ1) is 12.3. The average molecular weight is 371 g/mol. The van der Waals surface area contributed by atoms with Gasteiger partial charge in [-0.3, -0.25) is 9.56 Å². The van der Waals surface area contributed by atoms with E-state index in [0.29, 0.717) is 11.9 Å². The van der Waals surface area contributed by atoms with Crippen LogP contribution in [0.15, 0.2) is 53.6 Å². The van der Waals surface area contributed by atoms with Crippen molar-refractivity contribution in [3.05, 3.63) is 57.4 Å². The van der Waals surface area contributed by atoms with E-state index in [1.165, 1.54) is 30.6 Å². The van der Waals surface area contributed by atoms with Gasteiger partial charge in [-0.2, -0.15) is 0 Å². The minimum absolute atomic E-state index is 0.310. The molecule has 1 fully saturated rings. The van der Waals surface area contributed by atoms with Crippen LogP contribution in [0.3, 0.4) is 0 Å². The van der Waals surface area contributed by atoms with Crippen LogP contribution in [0, 0.1) is 3.95 Å². The second kappa shape index (κ2) is 8.92. The maximum atomic E-state index is 10.5. The lowest BCUT2D eigenvalue weighted by Gasteiger charge is -2.23. The molecule has 0 spiro atoms. The van der Waals surface area contributed by atoms with E-state index < -0.39 is 0 Å².